The Kier molecular flexibility index (Phi) is 3.97. The van der Waals surface area contributed by atoms with Gasteiger partial charge in [-0.05, 0) is 29.7 Å². The highest BCUT2D eigenvalue weighted by Crippen LogP contribution is 2.43. The van der Waals surface area contributed by atoms with Gasteiger partial charge in [-0.1, -0.05) is 43.3 Å². The molecule has 0 spiro atoms. The van der Waals surface area contributed by atoms with E-state index in [1.165, 1.54) is 5.56 Å². The van der Waals surface area contributed by atoms with E-state index in [2.05, 4.69) is 13.0 Å². The number of pyridine rings is 1. The van der Waals surface area contributed by atoms with Crippen molar-refractivity contribution in [3.63, 3.8) is 0 Å². The van der Waals surface area contributed by atoms with Crippen LogP contribution in [0.3, 0.4) is 0 Å². The minimum absolute atomic E-state index is 0.0491. The second-order valence-corrected chi connectivity index (χ2v) is 6.64. The molecule has 0 aliphatic carbocycles. The highest BCUT2D eigenvalue weighted by molar-refractivity contribution is 5.88. The van der Waals surface area contributed by atoms with Gasteiger partial charge in [0.05, 0.1) is 17.0 Å². The maximum Gasteiger partial charge on any atom is 0.258 e. The lowest BCUT2D eigenvalue weighted by Gasteiger charge is -2.27. The summed E-state index contributed by atoms with van der Waals surface area (Å²) in [7, 11) is 1.73. The summed E-state index contributed by atoms with van der Waals surface area (Å²) < 4.78 is 7.40. The lowest BCUT2D eigenvalue weighted by atomic mass is 9.83. The number of ether oxygens (including phenoxy) is 1. The summed E-state index contributed by atoms with van der Waals surface area (Å²) in [5, 5.41) is 10.5. The number of hydrogen-bond donors (Lipinski definition) is 1. The number of benzene rings is 2. The van der Waals surface area contributed by atoms with Crippen LogP contribution < -0.4 is 16.0 Å². The number of nitrogens with two attached hydrogens (primary N) is 1. The molecular weight excluding hydrogens is 338 g/mol. The van der Waals surface area contributed by atoms with Gasteiger partial charge in [-0.2, -0.15) is 5.26 Å². The summed E-state index contributed by atoms with van der Waals surface area (Å²) in [6.45, 7) is 2.08. The molecule has 4 rings (SSSR count). The van der Waals surface area contributed by atoms with Crippen molar-refractivity contribution in [2.45, 2.75) is 19.3 Å². The van der Waals surface area contributed by atoms with Crippen molar-refractivity contribution < 1.29 is 4.74 Å². The molecule has 27 heavy (non-hydrogen) atoms. The first kappa shape index (κ1) is 16.9. The van der Waals surface area contributed by atoms with Gasteiger partial charge >= 0.3 is 0 Å². The van der Waals surface area contributed by atoms with Crippen molar-refractivity contribution in [3.05, 3.63) is 87.0 Å². The van der Waals surface area contributed by atoms with Gasteiger partial charge in [0.2, 0.25) is 5.88 Å². The van der Waals surface area contributed by atoms with Crippen LogP contribution in [-0.2, 0) is 13.5 Å². The molecule has 0 unspecified atom stereocenters. The number of nitrogens with zero attached hydrogens (tertiary/aromatic N) is 2. The molecule has 5 heteroatoms. The van der Waals surface area contributed by atoms with Crippen LogP contribution in [-0.4, -0.2) is 4.57 Å². The Bertz CT molecular complexity index is 1180. The number of aryl methyl sites for hydroxylation is 2. The average molecular weight is 357 g/mol. The Balaban J connectivity index is 2.07. The Hall–Kier alpha value is -3.52. The minimum atomic E-state index is -0.548. The number of aromatic nitrogens is 1. The molecule has 2 aromatic carbocycles. The molecule has 3 aromatic rings. The summed E-state index contributed by atoms with van der Waals surface area (Å²) in [6.07, 6.45) is 0.917. The van der Waals surface area contributed by atoms with Gasteiger partial charge in [-0.15, -0.1) is 0 Å². The number of rotatable bonds is 2. The smallest absolute Gasteiger partial charge is 0.258 e. The van der Waals surface area contributed by atoms with Gasteiger partial charge in [0.1, 0.15) is 17.4 Å². The van der Waals surface area contributed by atoms with E-state index < -0.39 is 5.92 Å². The third-order valence-electron chi connectivity index (χ3n) is 5.19. The fraction of sp³-hybridized carbons (Fsp3) is 0.182. The van der Waals surface area contributed by atoms with Crippen LogP contribution in [0, 0.1) is 11.3 Å². The first-order valence-electron chi connectivity index (χ1n) is 8.84. The molecule has 1 aromatic heterocycles. The monoisotopic (exact) mass is 357 g/mol. The molecule has 2 N–H and O–H groups in total. The quantitative estimate of drug-likeness (QED) is 0.763. The maximum absolute atomic E-state index is 13.2. The first-order valence-corrected chi connectivity index (χ1v) is 8.84. The molecule has 0 saturated heterocycles. The van der Waals surface area contributed by atoms with E-state index in [-0.39, 0.29) is 17.0 Å². The third kappa shape index (κ3) is 2.49. The highest BCUT2D eigenvalue weighted by Gasteiger charge is 2.35. The molecule has 0 radical (unpaired) electrons. The Morgan fingerprint density at radius 3 is 2.56 bits per heavy atom. The Morgan fingerprint density at radius 2 is 1.89 bits per heavy atom. The van der Waals surface area contributed by atoms with Crippen molar-refractivity contribution in [1.29, 1.82) is 5.26 Å². The van der Waals surface area contributed by atoms with Crippen LogP contribution in [0.1, 0.15) is 29.5 Å². The van der Waals surface area contributed by atoms with Crippen LogP contribution in [0.4, 0.5) is 0 Å². The minimum Gasteiger partial charge on any atom is -0.439 e. The third-order valence-corrected chi connectivity index (χ3v) is 5.19. The average Bonchev–Trinajstić information content (AvgIpc) is 2.71. The maximum atomic E-state index is 13.2. The second-order valence-electron chi connectivity index (χ2n) is 6.64. The number of nitriles is 1. The highest BCUT2D eigenvalue weighted by atomic mass is 16.5. The molecular formula is C22H19N3O2. The molecule has 1 atom stereocenters. The molecule has 0 amide bonds. The lowest BCUT2D eigenvalue weighted by Crippen LogP contribution is -2.31. The molecule has 5 nitrogen and oxygen atoms in total. The van der Waals surface area contributed by atoms with Crippen LogP contribution in [0.25, 0.3) is 10.9 Å². The van der Waals surface area contributed by atoms with E-state index in [4.69, 9.17) is 10.5 Å². The van der Waals surface area contributed by atoms with Crippen molar-refractivity contribution in [1.82, 2.24) is 4.57 Å². The topological polar surface area (TPSA) is 81.0 Å². The van der Waals surface area contributed by atoms with E-state index in [0.29, 0.717) is 11.3 Å². The predicted octanol–water partition coefficient (Wildman–Crippen LogP) is 3.32. The summed E-state index contributed by atoms with van der Waals surface area (Å²) in [5.41, 5.74) is 9.42. The summed E-state index contributed by atoms with van der Waals surface area (Å²) >= 11 is 0. The van der Waals surface area contributed by atoms with E-state index in [1.807, 2.05) is 48.5 Å². The van der Waals surface area contributed by atoms with Gasteiger partial charge in [0.15, 0.2) is 0 Å². The van der Waals surface area contributed by atoms with E-state index in [0.717, 1.165) is 22.9 Å². The first-order chi connectivity index (χ1) is 13.1. The number of para-hydroxylation sites is 1. The van der Waals surface area contributed by atoms with Gasteiger partial charge in [0.25, 0.3) is 5.56 Å². The Morgan fingerprint density at radius 1 is 1.19 bits per heavy atom. The molecule has 0 fully saturated rings. The van der Waals surface area contributed by atoms with Gasteiger partial charge in [-0.3, -0.25) is 4.79 Å². The standard InChI is InChI=1S/C22H19N3O2/c1-3-13-8-10-14(11-9-13)18-16(12-23)21(24)27-20-15-6-4-5-7-17(15)25(2)22(26)19(18)20/h4-11,18H,3,24H2,1-2H3/t18-/m1/s1. The van der Waals surface area contributed by atoms with E-state index >= 15 is 0 Å². The molecule has 134 valence electrons. The fourth-order valence-electron chi connectivity index (χ4n) is 3.71. The summed E-state index contributed by atoms with van der Waals surface area (Å²) in [4.78, 5) is 13.2. The molecule has 0 saturated carbocycles. The summed E-state index contributed by atoms with van der Waals surface area (Å²) in [5.74, 6) is -0.0595. The van der Waals surface area contributed by atoms with Crippen LogP contribution >= 0.6 is 0 Å². The Labute approximate surface area is 156 Å². The normalized spacial score (nSPS) is 16.0. The summed E-state index contributed by atoms with van der Waals surface area (Å²) in [6, 6.07) is 17.6. The van der Waals surface area contributed by atoms with Gasteiger partial charge in [-0.25, -0.2) is 0 Å². The van der Waals surface area contributed by atoms with Crippen molar-refractivity contribution in [3.8, 4) is 11.8 Å². The van der Waals surface area contributed by atoms with Gasteiger partial charge in [0, 0.05) is 12.4 Å². The number of fused-ring (bicyclic) bond motifs is 3. The molecule has 1 aliphatic heterocycles. The zero-order valence-electron chi connectivity index (χ0n) is 15.2. The zero-order chi connectivity index (χ0) is 19.1. The second kappa shape index (κ2) is 6.33. The number of hydrogen-bond acceptors (Lipinski definition) is 4. The number of allylic oxidation sites excluding steroid dienone is 1. The molecule has 0 bridgehead atoms. The van der Waals surface area contributed by atoms with Crippen LogP contribution in [0.5, 0.6) is 5.75 Å². The lowest BCUT2D eigenvalue weighted by molar-refractivity contribution is 0.396. The van der Waals surface area contributed by atoms with Crippen LogP contribution in [0.15, 0.2) is 64.8 Å². The van der Waals surface area contributed by atoms with E-state index in [1.54, 1.807) is 11.6 Å². The van der Waals surface area contributed by atoms with E-state index in [9.17, 15) is 10.1 Å². The largest absolute Gasteiger partial charge is 0.439 e. The van der Waals surface area contributed by atoms with Crippen LogP contribution in [0.2, 0.25) is 0 Å². The van der Waals surface area contributed by atoms with Crippen molar-refractivity contribution in [2.24, 2.45) is 12.8 Å². The van der Waals surface area contributed by atoms with Crippen molar-refractivity contribution in [2.75, 3.05) is 0 Å². The SMILES string of the molecule is CCc1ccc([C@@H]2C(C#N)=C(N)Oc3c2c(=O)n(C)c2ccccc32)cc1. The molecule has 2 heterocycles. The fourth-order valence-corrected chi connectivity index (χ4v) is 3.71. The molecule has 1 aliphatic rings. The zero-order valence-corrected chi connectivity index (χ0v) is 15.2. The predicted molar refractivity (Wildman–Crippen MR) is 104 cm³/mol. The van der Waals surface area contributed by atoms with Crippen molar-refractivity contribution >= 4 is 10.9 Å². The van der Waals surface area contributed by atoms with Gasteiger partial charge < -0.3 is 15.0 Å².